The first-order valence-electron chi connectivity index (χ1n) is 6.90. The monoisotopic (exact) mass is 268 g/mol. The van der Waals surface area contributed by atoms with E-state index in [0.29, 0.717) is 23.8 Å². The summed E-state index contributed by atoms with van der Waals surface area (Å²) < 4.78 is 27.7. The maximum Gasteiger partial charge on any atom is 0.290 e. The molecule has 1 aromatic heterocycles. The van der Waals surface area contributed by atoms with Crippen LogP contribution in [0.4, 0.5) is 20.5 Å². The zero-order chi connectivity index (χ0) is 13.5. The number of nitrogens with zero attached hydrogens (tertiary/aromatic N) is 3. The average molecular weight is 268 g/mol. The third-order valence-electron chi connectivity index (χ3n) is 3.71. The molecule has 3 rings (SSSR count). The van der Waals surface area contributed by atoms with Crippen LogP contribution in [0.15, 0.2) is 0 Å². The molecule has 0 unspecified atom stereocenters. The highest BCUT2D eigenvalue weighted by Gasteiger charge is 2.43. The van der Waals surface area contributed by atoms with Gasteiger partial charge in [0.15, 0.2) is 0 Å². The van der Waals surface area contributed by atoms with Crippen molar-refractivity contribution in [2.45, 2.75) is 38.5 Å². The van der Waals surface area contributed by atoms with Crippen molar-refractivity contribution < 1.29 is 8.78 Å². The Labute approximate surface area is 111 Å². The van der Waals surface area contributed by atoms with Gasteiger partial charge in [-0.3, -0.25) is 0 Å². The number of halogens is 2. The van der Waals surface area contributed by atoms with Gasteiger partial charge in [-0.25, -0.2) is 4.98 Å². The fourth-order valence-corrected chi connectivity index (χ4v) is 2.46. The minimum Gasteiger partial charge on any atom is -0.370 e. The molecule has 0 saturated carbocycles. The van der Waals surface area contributed by atoms with E-state index < -0.39 is 5.92 Å². The summed E-state index contributed by atoms with van der Waals surface area (Å²) in [7, 11) is 0. The van der Waals surface area contributed by atoms with Gasteiger partial charge in [0.05, 0.1) is 0 Å². The van der Waals surface area contributed by atoms with Gasteiger partial charge in [0, 0.05) is 31.6 Å². The topological polar surface area (TPSA) is 41.1 Å². The number of alkyl halides is 2. The standard InChI is InChI=1S/C13H18F2N4/c1-2-6-16-11-9-4-5-13(14,15)10(9)17-12(18-11)19-7-3-8-19/h2-8H2,1H3,(H,16,17,18). The van der Waals surface area contributed by atoms with Crippen LogP contribution in [0.5, 0.6) is 0 Å². The number of aromatic nitrogens is 2. The normalized spacial score (nSPS) is 20.1. The Balaban J connectivity index is 2.00. The van der Waals surface area contributed by atoms with Gasteiger partial charge < -0.3 is 10.2 Å². The second-order valence-electron chi connectivity index (χ2n) is 5.17. The predicted octanol–water partition coefficient (Wildman–Crippen LogP) is 2.55. The van der Waals surface area contributed by atoms with Crippen LogP contribution in [0.3, 0.4) is 0 Å². The summed E-state index contributed by atoms with van der Waals surface area (Å²) in [6, 6.07) is 0. The lowest BCUT2D eigenvalue weighted by Gasteiger charge is -2.31. The molecular formula is C13H18F2N4. The van der Waals surface area contributed by atoms with E-state index in [2.05, 4.69) is 15.3 Å². The summed E-state index contributed by atoms with van der Waals surface area (Å²) >= 11 is 0. The van der Waals surface area contributed by atoms with Crippen LogP contribution in [0.2, 0.25) is 0 Å². The summed E-state index contributed by atoms with van der Waals surface area (Å²) in [5, 5.41) is 3.16. The van der Waals surface area contributed by atoms with Gasteiger partial charge in [-0.1, -0.05) is 6.92 Å². The lowest BCUT2D eigenvalue weighted by atomic mass is 10.2. The summed E-state index contributed by atoms with van der Waals surface area (Å²) in [5.74, 6) is -1.75. The molecule has 104 valence electrons. The number of anilines is 2. The average Bonchev–Trinajstić information content (AvgIpc) is 2.61. The van der Waals surface area contributed by atoms with Gasteiger partial charge in [-0.15, -0.1) is 0 Å². The Kier molecular flexibility index (Phi) is 3.03. The molecular weight excluding hydrogens is 250 g/mol. The molecule has 1 saturated heterocycles. The number of fused-ring (bicyclic) bond motifs is 1. The Morgan fingerprint density at radius 3 is 2.74 bits per heavy atom. The molecule has 0 bridgehead atoms. The van der Waals surface area contributed by atoms with E-state index in [-0.39, 0.29) is 12.1 Å². The molecule has 1 N–H and O–H groups in total. The zero-order valence-electron chi connectivity index (χ0n) is 11.0. The first kappa shape index (κ1) is 12.6. The minimum atomic E-state index is -2.81. The maximum atomic E-state index is 13.9. The van der Waals surface area contributed by atoms with E-state index in [4.69, 9.17) is 0 Å². The molecule has 1 aliphatic carbocycles. The van der Waals surface area contributed by atoms with E-state index in [1.165, 1.54) is 0 Å². The first-order valence-corrected chi connectivity index (χ1v) is 6.90. The SMILES string of the molecule is CCCNc1nc(N2CCC2)nc2c1CCC2(F)F. The lowest BCUT2D eigenvalue weighted by molar-refractivity contribution is -0.00592. The van der Waals surface area contributed by atoms with Crippen molar-refractivity contribution >= 4 is 11.8 Å². The molecule has 1 aromatic rings. The fourth-order valence-electron chi connectivity index (χ4n) is 2.46. The van der Waals surface area contributed by atoms with E-state index in [9.17, 15) is 8.78 Å². The van der Waals surface area contributed by atoms with Crippen LogP contribution in [0.1, 0.15) is 37.4 Å². The van der Waals surface area contributed by atoms with Crippen molar-refractivity contribution in [2.75, 3.05) is 29.9 Å². The van der Waals surface area contributed by atoms with Gasteiger partial charge in [-0.05, 0) is 19.3 Å². The van der Waals surface area contributed by atoms with Gasteiger partial charge in [0.1, 0.15) is 11.5 Å². The molecule has 4 nitrogen and oxygen atoms in total. The molecule has 19 heavy (non-hydrogen) atoms. The van der Waals surface area contributed by atoms with Crippen molar-refractivity contribution in [3.63, 3.8) is 0 Å². The Hall–Kier alpha value is -1.46. The van der Waals surface area contributed by atoms with Gasteiger partial charge in [-0.2, -0.15) is 13.8 Å². The molecule has 0 radical (unpaired) electrons. The molecule has 2 aliphatic rings. The van der Waals surface area contributed by atoms with Gasteiger partial charge >= 0.3 is 0 Å². The Morgan fingerprint density at radius 2 is 2.11 bits per heavy atom. The summed E-state index contributed by atoms with van der Waals surface area (Å²) in [5.41, 5.74) is 0.533. The molecule has 0 atom stereocenters. The van der Waals surface area contributed by atoms with Crippen LogP contribution in [0, 0.1) is 0 Å². The molecule has 2 heterocycles. The summed E-state index contributed by atoms with van der Waals surface area (Å²) in [6.07, 6.45) is 2.22. The second kappa shape index (κ2) is 4.58. The van der Waals surface area contributed by atoms with Crippen LogP contribution >= 0.6 is 0 Å². The van der Waals surface area contributed by atoms with E-state index in [1.807, 2.05) is 11.8 Å². The largest absolute Gasteiger partial charge is 0.370 e. The lowest BCUT2D eigenvalue weighted by Crippen LogP contribution is -2.38. The van der Waals surface area contributed by atoms with E-state index in [1.54, 1.807) is 0 Å². The number of hydrogen-bond donors (Lipinski definition) is 1. The Morgan fingerprint density at radius 1 is 1.32 bits per heavy atom. The fraction of sp³-hybridized carbons (Fsp3) is 0.692. The van der Waals surface area contributed by atoms with Crippen molar-refractivity contribution in [1.29, 1.82) is 0 Å². The number of rotatable bonds is 4. The van der Waals surface area contributed by atoms with Gasteiger partial charge in [0.25, 0.3) is 5.92 Å². The summed E-state index contributed by atoms with van der Waals surface area (Å²) in [4.78, 5) is 10.5. The minimum absolute atomic E-state index is 0.0667. The van der Waals surface area contributed by atoms with Crippen molar-refractivity contribution in [3.8, 4) is 0 Å². The van der Waals surface area contributed by atoms with Crippen LogP contribution in [-0.2, 0) is 12.3 Å². The molecule has 0 aromatic carbocycles. The molecule has 1 fully saturated rings. The molecule has 0 amide bonds. The second-order valence-corrected chi connectivity index (χ2v) is 5.17. The highest BCUT2D eigenvalue weighted by atomic mass is 19.3. The third kappa shape index (κ3) is 2.13. The highest BCUT2D eigenvalue weighted by Crippen LogP contribution is 2.43. The third-order valence-corrected chi connectivity index (χ3v) is 3.71. The van der Waals surface area contributed by atoms with Crippen LogP contribution in [-0.4, -0.2) is 29.6 Å². The quantitative estimate of drug-likeness (QED) is 0.911. The van der Waals surface area contributed by atoms with Crippen LogP contribution < -0.4 is 10.2 Å². The highest BCUT2D eigenvalue weighted by molar-refractivity contribution is 5.55. The zero-order valence-corrected chi connectivity index (χ0v) is 11.0. The number of hydrogen-bond acceptors (Lipinski definition) is 4. The van der Waals surface area contributed by atoms with Crippen molar-refractivity contribution in [3.05, 3.63) is 11.3 Å². The maximum absolute atomic E-state index is 13.9. The first-order chi connectivity index (χ1) is 9.12. The van der Waals surface area contributed by atoms with E-state index >= 15 is 0 Å². The van der Waals surface area contributed by atoms with Crippen LogP contribution in [0.25, 0.3) is 0 Å². The molecule has 6 heteroatoms. The molecule has 0 spiro atoms. The smallest absolute Gasteiger partial charge is 0.290 e. The van der Waals surface area contributed by atoms with Gasteiger partial charge in [0.2, 0.25) is 5.95 Å². The van der Waals surface area contributed by atoms with E-state index in [0.717, 1.165) is 32.5 Å². The predicted molar refractivity (Wildman–Crippen MR) is 69.9 cm³/mol. The van der Waals surface area contributed by atoms with Crippen molar-refractivity contribution in [2.24, 2.45) is 0 Å². The Bertz CT molecular complexity index is 486. The number of nitrogens with one attached hydrogen (secondary N) is 1. The van der Waals surface area contributed by atoms with Crippen molar-refractivity contribution in [1.82, 2.24) is 9.97 Å². The summed E-state index contributed by atoms with van der Waals surface area (Å²) in [6.45, 7) is 4.50. The molecule has 1 aliphatic heterocycles.